The van der Waals surface area contributed by atoms with Gasteiger partial charge in [-0.25, -0.2) is 33.3 Å². The summed E-state index contributed by atoms with van der Waals surface area (Å²) >= 11 is 0. The molecule has 3 atom stereocenters. The van der Waals surface area contributed by atoms with E-state index in [1.165, 1.54) is 25.0 Å². The molecule has 13 heteroatoms. The van der Waals surface area contributed by atoms with Gasteiger partial charge in [-0.05, 0) is 56.1 Å². The number of aromatic nitrogens is 7. The molecule has 42 heavy (non-hydrogen) atoms. The number of rotatable bonds is 9. The Labute approximate surface area is 243 Å². The summed E-state index contributed by atoms with van der Waals surface area (Å²) in [7, 11) is -1.77. The van der Waals surface area contributed by atoms with Gasteiger partial charge in [-0.15, -0.1) is 0 Å². The second kappa shape index (κ2) is 10.4. The molecular formula is C29H32N8O4S. The summed E-state index contributed by atoms with van der Waals surface area (Å²) in [6.45, 7) is 1.80. The van der Waals surface area contributed by atoms with Crippen molar-refractivity contribution in [1.29, 1.82) is 0 Å². The lowest BCUT2D eigenvalue weighted by atomic mass is 9.95. The second-order valence-corrected chi connectivity index (χ2v) is 13.7. The fourth-order valence-corrected chi connectivity index (χ4v) is 7.35. The number of methoxy groups -OCH3 is 1. The summed E-state index contributed by atoms with van der Waals surface area (Å²) in [5.74, 6) is 2.37. The lowest BCUT2D eigenvalue weighted by Crippen LogP contribution is -2.32. The number of anilines is 1. The average molecular weight is 589 g/mol. The van der Waals surface area contributed by atoms with Crippen LogP contribution in [-0.4, -0.2) is 55.8 Å². The van der Waals surface area contributed by atoms with Gasteiger partial charge in [-0.1, -0.05) is 13.3 Å². The molecule has 0 saturated heterocycles. The molecule has 0 amide bonds. The van der Waals surface area contributed by atoms with Crippen molar-refractivity contribution in [3.05, 3.63) is 52.6 Å². The lowest BCUT2D eigenvalue weighted by Gasteiger charge is -2.25. The molecule has 3 saturated carbocycles. The number of pyridine rings is 1. The summed E-state index contributed by atoms with van der Waals surface area (Å²) in [6, 6.07) is 3.21. The van der Waals surface area contributed by atoms with Crippen LogP contribution in [0.25, 0.3) is 22.6 Å². The van der Waals surface area contributed by atoms with Gasteiger partial charge in [0.15, 0.2) is 27.1 Å². The van der Waals surface area contributed by atoms with E-state index in [4.69, 9.17) is 9.72 Å². The van der Waals surface area contributed by atoms with Crippen molar-refractivity contribution in [2.24, 2.45) is 11.8 Å². The first kappa shape index (κ1) is 26.9. The van der Waals surface area contributed by atoms with Crippen molar-refractivity contribution >= 4 is 26.8 Å². The highest BCUT2D eigenvalue weighted by molar-refractivity contribution is 7.91. The molecule has 4 heterocycles. The fraction of sp³-hybridized carbons (Fsp3) is 0.483. The van der Waals surface area contributed by atoms with Crippen LogP contribution in [-0.2, 0) is 16.4 Å². The molecule has 2 bridgehead atoms. The van der Waals surface area contributed by atoms with E-state index >= 15 is 0 Å². The first-order valence-corrected chi connectivity index (χ1v) is 16.1. The van der Waals surface area contributed by atoms with Gasteiger partial charge >= 0.3 is 0 Å². The predicted molar refractivity (Wildman–Crippen MR) is 155 cm³/mol. The molecule has 1 unspecified atom stereocenters. The van der Waals surface area contributed by atoms with Gasteiger partial charge in [0.1, 0.15) is 17.4 Å². The van der Waals surface area contributed by atoms with Crippen molar-refractivity contribution in [3.8, 4) is 17.3 Å². The third-order valence-corrected chi connectivity index (χ3v) is 10.6. The molecule has 218 valence electrons. The molecule has 7 rings (SSSR count). The van der Waals surface area contributed by atoms with Crippen LogP contribution in [0.3, 0.4) is 0 Å². The summed E-state index contributed by atoms with van der Waals surface area (Å²) in [6.07, 6.45) is 10.9. The van der Waals surface area contributed by atoms with Gasteiger partial charge in [-0.2, -0.15) is 0 Å². The Bertz CT molecular complexity index is 1840. The summed E-state index contributed by atoms with van der Waals surface area (Å²) < 4.78 is 31.7. The van der Waals surface area contributed by atoms with Crippen LogP contribution >= 0.6 is 0 Å². The van der Waals surface area contributed by atoms with E-state index in [1.807, 2.05) is 4.57 Å². The number of sulfone groups is 1. The van der Waals surface area contributed by atoms with E-state index in [0.717, 1.165) is 37.8 Å². The van der Waals surface area contributed by atoms with E-state index in [1.54, 1.807) is 26.3 Å². The fourth-order valence-electron chi connectivity index (χ4n) is 6.53. The molecule has 0 spiro atoms. The highest BCUT2D eigenvalue weighted by Gasteiger charge is 2.42. The van der Waals surface area contributed by atoms with Crippen LogP contribution in [0.15, 0.2) is 40.5 Å². The predicted octanol–water partition coefficient (Wildman–Crippen LogP) is 3.69. The zero-order valence-corrected chi connectivity index (χ0v) is 24.3. The van der Waals surface area contributed by atoms with Crippen molar-refractivity contribution in [2.45, 2.75) is 68.8 Å². The van der Waals surface area contributed by atoms with Crippen molar-refractivity contribution in [2.75, 3.05) is 18.2 Å². The Kier molecular flexibility index (Phi) is 6.63. The van der Waals surface area contributed by atoms with Crippen LogP contribution in [0, 0.1) is 11.8 Å². The molecule has 1 N–H and O–H groups in total. The minimum Gasteiger partial charge on any atom is -0.480 e. The monoisotopic (exact) mass is 588 g/mol. The van der Waals surface area contributed by atoms with Gasteiger partial charge in [-0.3, -0.25) is 14.3 Å². The Morgan fingerprint density at radius 2 is 1.88 bits per heavy atom. The molecule has 4 aromatic heterocycles. The van der Waals surface area contributed by atoms with Gasteiger partial charge in [0.25, 0.3) is 5.56 Å². The number of nitrogens with one attached hydrogen (secondary N) is 1. The number of nitrogens with zero attached hydrogens (tertiary/aromatic N) is 7. The van der Waals surface area contributed by atoms with Gasteiger partial charge < -0.3 is 10.1 Å². The number of ether oxygens (including phenoxy) is 1. The van der Waals surface area contributed by atoms with Crippen LogP contribution < -0.4 is 15.6 Å². The van der Waals surface area contributed by atoms with Crippen LogP contribution in [0.5, 0.6) is 5.88 Å². The summed E-state index contributed by atoms with van der Waals surface area (Å²) in [5, 5.41) is 3.15. The Hall–Kier alpha value is -4.00. The lowest BCUT2D eigenvalue weighted by molar-refractivity contribution is 0.329. The molecule has 0 radical (unpaired) electrons. The Morgan fingerprint density at radius 3 is 2.55 bits per heavy atom. The first-order valence-electron chi connectivity index (χ1n) is 14.5. The summed E-state index contributed by atoms with van der Waals surface area (Å²) in [5.41, 5.74) is 2.88. The zero-order valence-electron chi connectivity index (χ0n) is 23.5. The molecule has 3 fully saturated rings. The minimum atomic E-state index is -3.34. The summed E-state index contributed by atoms with van der Waals surface area (Å²) in [4.78, 5) is 41.7. The Morgan fingerprint density at radius 1 is 1.02 bits per heavy atom. The number of hydrogen-bond acceptors (Lipinski definition) is 11. The maximum Gasteiger partial charge on any atom is 0.295 e. The number of hydrogen-bond donors (Lipinski definition) is 1. The normalized spacial score (nSPS) is 21.6. The van der Waals surface area contributed by atoms with Crippen molar-refractivity contribution in [3.63, 3.8) is 0 Å². The molecule has 3 aliphatic carbocycles. The molecule has 12 nitrogen and oxygen atoms in total. The molecular weight excluding hydrogens is 556 g/mol. The molecule has 0 aliphatic heterocycles. The third kappa shape index (κ3) is 4.69. The topological polar surface area (TPSA) is 155 Å². The second-order valence-electron chi connectivity index (χ2n) is 11.4. The SMILES string of the molecule is CCS(=O)(=O)c1ccc(CNc2nc3cnc(-c4c(OC)ncnc4C4CC4)nc3n([C@@H]3C[C@H]4CCC3C4)c2=O)nc1. The minimum absolute atomic E-state index is 0.00556. The van der Waals surface area contributed by atoms with Gasteiger partial charge in [0.05, 0.1) is 41.9 Å². The third-order valence-electron chi connectivity index (χ3n) is 8.86. The molecule has 3 aliphatic rings. The highest BCUT2D eigenvalue weighted by atomic mass is 32.2. The standard InChI is InChI=1S/C29H32N8O4S/c1-3-42(39,40)20-9-8-19(30-13-20)12-31-26-29(38)37(22-11-16-4-5-18(22)10-16)27-21(35-26)14-32-25(36-27)23-24(17-6-7-17)33-15-34-28(23)41-2/h8-9,13-18,22H,3-7,10-12H2,1-2H3,(H,31,35)/t16-,18?,22+/m0/s1. The smallest absolute Gasteiger partial charge is 0.295 e. The first-order chi connectivity index (χ1) is 20.4. The maximum absolute atomic E-state index is 14.1. The molecule has 4 aromatic rings. The van der Waals surface area contributed by atoms with Gasteiger partial charge in [0, 0.05) is 18.2 Å². The van der Waals surface area contributed by atoms with Crippen molar-refractivity contribution in [1.82, 2.24) is 34.5 Å². The van der Waals surface area contributed by atoms with E-state index in [2.05, 4.69) is 30.2 Å². The van der Waals surface area contributed by atoms with E-state index < -0.39 is 9.84 Å². The molecule has 0 aromatic carbocycles. The van der Waals surface area contributed by atoms with E-state index in [9.17, 15) is 13.2 Å². The Balaban J connectivity index is 1.30. The quantitative estimate of drug-likeness (QED) is 0.304. The van der Waals surface area contributed by atoms with Crippen LogP contribution in [0.1, 0.15) is 68.8 Å². The van der Waals surface area contributed by atoms with Crippen molar-refractivity contribution < 1.29 is 13.2 Å². The maximum atomic E-state index is 14.1. The highest BCUT2D eigenvalue weighted by Crippen LogP contribution is 2.51. The van der Waals surface area contributed by atoms with Crippen LogP contribution in [0.4, 0.5) is 5.82 Å². The van der Waals surface area contributed by atoms with Gasteiger partial charge in [0.2, 0.25) is 5.88 Å². The number of fused-ring (bicyclic) bond motifs is 3. The largest absolute Gasteiger partial charge is 0.480 e. The van der Waals surface area contributed by atoms with Crippen LogP contribution in [0.2, 0.25) is 0 Å². The zero-order chi connectivity index (χ0) is 29.0. The van der Waals surface area contributed by atoms with E-state index in [-0.39, 0.29) is 34.6 Å². The average Bonchev–Trinajstić information content (AvgIpc) is 3.65. The van der Waals surface area contributed by atoms with E-state index in [0.29, 0.717) is 51.9 Å².